The number of halogens is 2. The van der Waals surface area contributed by atoms with Gasteiger partial charge in [0, 0.05) is 28.5 Å². The molecule has 4 aromatic rings. The zero-order chi connectivity index (χ0) is 23.9. The Morgan fingerprint density at radius 2 is 1.82 bits per heavy atom. The van der Waals surface area contributed by atoms with Crippen LogP contribution in [0.1, 0.15) is 38.1 Å². The third kappa shape index (κ3) is 4.60. The van der Waals surface area contributed by atoms with E-state index in [-0.39, 0.29) is 5.02 Å². The van der Waals surface area contributed by atoms with Gasteiger partial charge in [-0.25, -0.2) is 18.7 Å². The summed E-state index contributed by atoms with van der Waals surface area (Å²) in [7, 11) is 0. The number of benzene rings is 2. The van der Waals surface area contributed by atoms with E-state index in [4.69, 9.17) is 21.4 Å². The first-order chi connectivity index (χ1) is 15.5. The second-order valence-corrected chi connectivity index (χ2v) is 9.11. The van der Waals surface area contributed by atoms with Crippen molar-refractivity contribution >= 4 is 23.2 Å². The number of nitrogens with zero attached hydrogens (tertiary/aromatic N) is 3. The SMILES string of the molecule is Cc1nc2cc(-c3ccccc3)nn2c(-c2ccc(F)c(Cl)c2)c1C(OC(C)(C)C)C(=O)O. The van der Waals surface area contributed by atoms with E-state index in [2.05, 4.69) is 4.98 Å². The molecule has 6 nitrogen and oxygen atoms in total. The van der Waals surface area contributed by atoms with Gasteiger partial charge in [0.05, 0.1) is 22.0 Å². The van der Waals surface area contributed by atoms with Crippen LogP contribution in [0.5, 0.6) is 0 Å². The molecule has 0 fully saturated rings. The fourth-order valence-corrected chi connectivity index (χ4v) is 3.88. The molecule has 4 rings (SSSR count). The van der Waals surface area contributed by atoms with Gasteiger partial charge in [-0.3, -0.25) is 0 Å². The highest BCUT2D eigenvalue weighted by atomic mass is 35.5. The number of carbonyl (C=O) groups is 1. The van der Waals surface area contributed by atoms with Gasteiger partial charge in [-0.1, -0.05) is 41.9 Å². The smallest absolute Gasteiger partial charge is 0.337 e. The van der Waals surface area contributed by atoms with Crippen molar-refractivity contribution in [3.8, 4) is 22.5 Å². The normalized spacial score (nSPS) is 12.8. The second-order valence-electron chi connectivity index (χ2n) is 8.70. The molecule has 0 aliphatic heterocycles. The summed E-state index contributed by atoms with van der Waals surface area (Å²) in [5, 5.41) is 14.7. The van der Waals surface area contributed by atoms with Crippen LogP contribution >= 0.6 is 11.6 Å². The van der Waals surface area contributed by atoms with Gasteiger partial charge < -0.3 is 9.84 Å². The summed E-state index contributed by atoms with van der Waals surface area (Å²) in [6, 6.07) is 15.6. The summed E-state index contributed by atoms with van der Waals surface area (Å²) < 4.78 is 21.5. The Labute approximate surface area is 195 Å². The molecule has 1 unspecified atom stereocenters. The molecule has 2 heterocycles. The Kier molecular flexibility index (Phi) is 5.95. The Bertz CT molecular complexity index is 1350. The summed E-state index contributed by atoms with van der Waals surface area (Å²) >= 11 is 6.09. The fourth-order valence-electron chi connectivity index (χ4n) is 3.70. The van der Waals surface area contributed by atoms with Gasteiger partial charge in [-0.05, 0) is 45.9 Å². The highest BCUT2D eigenvalue weighted by Crippen LogP contribution is 2.37. The third-order valence-electron chi connectivity index (χ3n) is 5.05. The Morgan fingerprint density at radius 3 is 2.42 bits per heavy atom. The van der Waals surface area contributed by atoms with Gasteiger partial charge >= 0.3 is 5.97 Å². The van der Waals surface area contributed by atoms with Crippen LogP contribution < -0.4 is 0 Å². The average molecular weight is 468 g/mol. The summed E-state index contributed by atoms with van der Waals surface area (Å²) in [6.07, 6.45) is -1.33. The van der Waals surface area contributed by atoms with Crippen molar-refractivity contribution in [1.82, 2.24) is 14.6 Å². The number of aromatic nitrogens is 3. The average Bonchev–Trinajstić information content (AvgIpc) is 3.17. The van der Waals surface area contributed by atoms with Gasteiger partial charge in [0.25, 0.3) is 0 Å². The van der Waals surface area contributed by atoms with Crippen LogP contribution in [0.4, 0.5) is 4.39 Å². The molecule has 0 bridgehead atoms. The quantitative estimate of drug-likeness (QED) is 0.383. The molecule has 2 aromatic carbocycles. The molecule has 0 spiro atoms. The van der Waals surface area contributed by atoms with Crippen molar-refractivity contribution in [1.29, 1.82) is 0 Å². The van der Waals surface area contributed by atoms with E-state index in [0.29, 0.717) is 33.9 Å². The zero-order valence-corrected chi connectivity index (χ0v) is 19.4. The molecule has 0 amide bonds. The minimum Gasteiger partial charge on any atom is -0.479 e. The lowest BCUT2D eigenvalue weighted by Gasteiger charge is -2.27. The molecular weight excluding hydrogens is 445 g/mol. The number of hydrogen-bond acceptors (Lipinski definition) is 4. The summed E-state index contributed by atoms with van der Waals surface area (Å²) in [6.45, 7) is 7.06. The minimum absolute atomic E-state index is 0.0832. The maximum absolute atomic E-state index is 14.0. The molecule has 170 valence electrons. The topological polar surface area (TPSA) is 76.7 Å². The van der Waals surface area contributed by atoms with E-state index in [1.54, 1.807) is 38.3 Å². The second kappa shape index (κ2) is 8.57. The maximum Gasteiger partial charge on any atom is 0.337 e. The minimum atomic E-state index is -1.33. The summed E-state index contributed by atoms with van der Waals surface area (Å²) in [5.74, 6) is -1.74. The predicted octanol–water partition coefficient (Wildman–Crippen LogP) is 6.11. The first-order valence-electron chi connectivity index (χ1n) is 10.4. The van der Waals surface area contributed by atoms with E-state index in [0.717, 1.165) is 5.56 Å². The lowest BCUT2D eigenvalue weighted by molar-refractivity contribution is -0.160. The molecule has 0 aliphatic rings. The molecule has 0 radical (unpaired) electrons. The van der Waals surface area contributed by atoms with E-state index in [9.17, 15) is 14.3 Å². The van der Waals surface area contributed by atoms with Gasteiger partial charge in [0.2, 0.25) is 0 Å². The Morgan fingerprint density at radius 1 is 1.12 bits per heavy atom. The first-order valence-corrected chi connectivity index (χ1v) is 10.7. The van der Waals surface area contributed by atoms with Crippen LogP contribution in [-0.2, 0) is 9.53 Å². The molecule has 33 heavy (non-hydrogen) atoms. The number of aliphatic carboxylic acids is 1. The fraction of sp³-hybridized carbons (Fsp3) is 0.240. The highest BCUT2D eigenvalue weighted by molar-refractivity contribution is 6.31. The van der Waals surface area contributed by atoms with E-state index in [1.807, 2.05) is 36.4 Å². The van der Waals surface area contributed by atoms with Crippen LogP contribution in [0.3, 0.4) is 0 Å². The van der Waals surface area contributed by atoms with Gasteiger partial charge in [-0.15, -0.1) is 0 Å². The maximum atomic E-state index is 14.0. The monoisotopic (exact) mass is 467 g/mol. The number of rotatable bonds is 5. The lowest BCUT2D eigenvalue weighted by Crippen LogP contribution is -2.29. The zero-order valence-electron chi connectivity index (χ0n) is 18.6. The molecule has 1 N–H and O–H groups in total. The van der Waals surface area contributed by atoms with Crippen LogP contribution in [0.15, 0.2) is 54.6 Å². The van der Waals surface area contributed by atoms with Crippen molar-refractivity contribution in [3.05, 3.63) is 76.7 Å². The number of hydrogen-bond donors (Lipinski definition) is 1. The van der Waals surface area contributed by atoms with Crippen molar-refractivity contribution in [2.75, 3.05) is 0 Å². The largest absolute Gasteiger partial charge is 0.479 e. The highest BCUT2D eigenvalue weighted by Gasteiger charge is 2.33. The number of fused-ring (bicyclic) bond motifs is 1. The predicted molar refractivity (Wildman–Crippen MR) is 125 cm³/mol. The number of ether oxygens (including phenoxy) is 1. The van der Waals surface area contributed by atoms with Gasteiger partial charge in [-0.2, -0.15) is 5.10 Å². The number of carboxylic acid groups (broad SMARTS) is 1. The van der Waals surface area contributed by atoms with Crippen LogP contribution in [-0.4, -0.2) is 31.3 Å². The number of aryl methyl sites for hydroxylation is 1. The number of carboxylic acids is 1. The van der Waals surface area contributed by atoms with E-state index >= 15 is 0 Å². The molecule has 1 atom stereocenters. The Balaban J connectivity index is 2.06. The van der Waals surface area contributed by atoms with Crippen molar-refractivity contribution in [2.24, 2.45) is 0 Å². The van der Waals surface area contributed by atoms with Crippen LogP contribution in [0, 0.1) is 12.7 Å². The van der Waals surface area contributed by atoms with Crippen LogP contribution in [0.25, 0.3) is 28.2 Å². The molecule has 0 saturated heterocycles. The third-order valence-corrected chi connectivity index (χ3v) is 5.34. The van der Waals surface area contributed by atoms with Gasteiger partial charge in [0.1, 0.15) is 5.82 Å². The van der Waals surface area contributed by atoms with E-state index < -0.39 is 23.5 Å². The summed E-state index contributed by atoms with van der Waals surface area (Å²) in [4.78, 5) is 17.0. The standard InChI is InChI=1S/C25H23ClFN3O3/c1-14-21(23(24(31)32)33-25(2,3)4)22(16-10-11-18(27)17(26)12-16)30-20(28-14)13-19(29-30)15-8-6-5-7-9-15/h5-13,23H,1-4H3,(H,31,32). The first kappa shape index (κ1) is 22.9. The summed E-state index contributed by atoms with van der Waals surface area (Å²) in [5.41, 5.74) is 3.04. The lowest BCUT2D eigenvalue weighted by atomic mass is 9.99. The molecule has 0 saturated carbocycles. The van der Waals surface area contributed by atoms with Crippen molar-refractivity contribution < 1.29 is 19.0 Å². The molecular formula is C25H23ClFN3O3. The van der Waals surface area contributed by atoms with Crippen LogP contribution in [0.2, 0.25) is 5.02 Å². The van der Waals surface area contributed by atoms with E-state index in [1.165, 1.54) is 12.1 Å². The molecule has 8 heteroatoms. The molecule has 0 aliphatic carbocycles. The van der Waals surface area contributed by atoms with Gasteiger partial charge in [0.15, 0.2) is 11.8 Å². The van der Waals surface area contributed by atoms with Crippen molar-refractivity contribution in [2.45, 2.75) is 39.4 Å². The molecule has 2 aromatic heterocycles. The Hall–Kier alpha value is -3.29. The van der Waals surface area contributed by atoms with Crippen molar-refractivity contribution in [3.63, 3.8) is 0 Å².